The molecule has 7 rings (SSSR count). The van der Waals surface area contributed by atoms with Crippen LogP contribution in [0.2, 0.25) is 5.02 Å². The molecule has 4 bridgehead atoms. The zero-order valence-corrected chi connectivity index (χ0v) is 41.0. The number of rotatable bonds is 10. The number of fused-ring (bicyclic) bond motifs is 8. The van der Waals surface area contributed by atoms with Gasteiger partial charge in [-0.2, -0.15) is 0 Å². The van der Waals surface area contributed by atoms with Crippen molar-refractivity contribution in [2.24, 2.45) is 5.92 Å². The van der Waals surface area contributed by atoms with Crippen molar-refractivity contribution in [1.29, 1.82) is 0 Å². The zero-order valence-electron chi connectivity index (χ0n) is 40.2. The average molecular weight is 956 g/mol. The number of nitrogens with zero attached hydrogens (tertiary/aromatic N) is 3. The third kappa shape index (κ3) is 10.5. The highest BCUT2D eigenvalue weighted by atomic mass is 35.5. The summed E-state index contributed by atoms with van der Waals surface area (Å²) >= 11 is 6.83. The molecule has 3 heterocycles. The van der Waals surface area contributed by atoms with Crippen LogP contribution in [0.15, 0.2) is 84.5 Å². The molecule has 15 nitrogen and oxygen atoms in total. The SMILES string of the molecule is CO[C@@H]1/C=C/C=C(\C)Cc2cc(C)c(Cl)c(c2)N(C)C(=O)C[C@H](OC(=O)[C@H](C)N(C)C(=O)CCCN(C)C(=O)OCC2c3ccccc3-c3ccccc32)[C@]2(C)OC2[C@H](C)[C@@H]2C[C@]1(O)NC(=O)O2. The Morgan fingerprint density at radius 2 is 1.71 bits per heavy atom. The highest BCUT2D eigenvalue weighted by molar-refractivity contribution is 6.34. The summed E-state index contributed by atoms with van der Waals surface area (Å²) in [7, 11) is 6.16. The smallest absolute Gasteiger partial charge is 0.409 e. The first-order valence-electron chi connectivity index (χ1n) is 23.1. The average Bonchev–Trinajstić information content (AvgIpc) is 3.91. The number of hydrogen-bond acceptors (Lipinski definition) is 11. The third-order valence-corrected chi connectivity index (χ3v) is 14.5. The van der Waals surface area contributed by atoms with Crippen molar-refractivity contribution < 1.29 is 52.8 Å². The Morgan fingerprint density at radius 3 is 2.37 bits per heavy atom. The molecule has 4 aliphatic rings. The molecule has 16 heteroatoms. The van der Waals surface area contributed by atoms with E-state index in [9.17, 15) is 29.1 Å². The second-order valence-corrected chi connectivity index (χ2v) is 19.2. The molecule has 1 aliphatic carbocycles. The van der Waals surface area contributed by atoms with Crippen molar-refractivity contribution in [1.82, 2.24) is 15.1 Å². The number of carbonyl (C=O) groups is 5. The van der Waals surface area contributed by atoms with Crippen LogP contribution in [-0.2, 0) is 44.5 Å². The quantitative estimate of drug-likeness (QED) is 0.117. The summed E-state index contributed by atoms with van der Waals surface area (Å²) in [5.41, 5.74) is 4.47. The van der Waals surface area contributed by atoms with Crippen LogP contribution in [0, 0.1) is 12.8 Å². The van der Waals surface area contributed by atoms with E-state index >= 15 is 0 Å². The van der Waals surface area contributed by atoms with Gasteiger partial charge in [-0.25, -0.2) is 14.4 Å². The van der Waals surface area contributed by atoms with E-state index in [2.05, 4.69) is 29.6 Å². The molecule has 2 N–H and O–H groups in total. The van der Waals surface area contributed by atoms with Gasteiger partial charge < -0.3 is 43.5 Å². The minimum Gasteiger partial charge on any atom is -0.457 e. The van der Waals surface area contributed by atoms with Crippen LogP contribution in [0.4, 0.5) is 15.3 Å². The number of aryl methyl sites for hydroxylation is 1. The number of carbonyl (C=O) groups excluding carboxylic acids is 5. The molecule has 0 spiro atoms. The van der Waals surface area contributed by atoms with Crippen LogP contribution in [0.3, 0.4) is 0 Å². The van der Waals surface area contributed by atoms with Gasteiger partial charge in [0, 0.05) is 59.5 Å². The Kier molecular flexibility index (Phi) is 15.1. The Bertz CT molecular complexity index is 2450. The van der Waals surface area contributed by atoms with Gasteiger partial charge in [0.2, 0.25) is 11.8 Å². The largest absolute Gasteiger partial charge is 0.457 e. The molecular formula is C52H63ClN4O11. The molecule has 3 aromatic carbocycles. The lowest BCUT2D eigenvalue weighted by Gasteiger charge is -2.42. The summed E-state index contributed by atoms with van der Waals surface area (Å²) in [6, 6.07) is 18.9. The standard InChI is InChI=1S/C52H63ClN4O11/c1-30-16-14-21-42(64-9)52(63)28-41(66-49(61)54-52)32(3)47-51(5,68-47)43(27-45(59)57(8)40-26-34(24-30)25-31(2)46(40)53)67-48(60)33(4)56(7)44(58)22-15-23-55(6)50(62)65-29-39-37-19-12-10-17-35(37)36-18-11-13-20-38(36)39/h10-14,16-21,25-26,32-33,39,41-43,47,63H,15,22-24,27-29H2,1-9H3,(H,54,61)/b21-14+,30-16+/t32-,33+,41+,42-,43+,47?,51+,52-/m1/s1. The minimum absolute atomic E-state index is 0.0256. The van der Waals surface area contributed by atoms with E-state index in [1.165, 1.54) is 35.8 Å². The molecule has 0 radical (unpaired) electrons. The van der Waals surface area contributed by atoms with E-state index < -0.39 is 71.8 Å². The minimum atomic E-state index is -1.84. The monoisotopic (exact) mass is 954 g/mol. The maximum Gasteiger partial charge on any atom is 0.409 e. The fourth-order valence-corrected chi connectivity index (χ4v) is 9.93. The van der Waals surface area contributed by atoms with Crippen molar-refractivity contribution in [3.8, 4) is 11.1 Å². The Hall–Kier alpha value is -5.74. The van der Waals surface area contributed by atoms with Gasteiger partial charge in [0.1, 0.15) is 36.6 Å². The number of ether oxygens (including phenoxy) is 5. The van der Waals surface area contributed by atoms with E-state index in [1.54, 1.807) is 40.1 Å². The molecule has 4 amide bonds. The number of halogens is 1. The predicted molar refractivity (Wildman–Crippen MR) is 256 cm³/mol. The van der Waals surface area contributed by atoms with Gasteiger partial charge in [0.05, 0.1) is 23.2 Å². The second-order valence-electron chi connectivity index (χ2n) is 18.8. The molecule has 68 heavy (non-hydrogen) atoms. The second kappa shape index (κ2) is 20.5. The Morgan fingerprint density at radius 1 is 1.04 bits per heavy atom. The molecule has 1 unspecified atom stereocenters. The Balaban J connectivity index is 1.03. The van der Waals surface area contributed by atoms with Crippen molar-refractivity contribution in [2.45, 2.75) is 114 Å². The number of aliphatic hydroxyl groups is 1. The van der Waals surface area contributed by atoms with Crippen molar-refractivity contribution in [3.63, 3.8) is 0 Å². The van der Waals surface area contributed by atoms with Gasteiger partial charge in [0.15, 0.2) is 5.72 Å². The molecule has 3 aromatic rings. The molecule has 0 aromatic heterocycles. The molecule has 3 aliphatic heterocycles. The van der Waals surface area contributed by atoms with Gasteiger partial charge in [0.25, 0.3) is 0 Å². The Labute approximate surface area is 403 Å². The molecule has 8 atom stereocenters. The van der Waals surface area contributed by atoms with E-state index in [-0.39, 0.29) is 44.2 Å². The van der Waals surface area contributed by atoms with Crippen LogP contribution in [0.25, 0.3) is 11.1 Å². The first-order chi connectivity index (χ1) is 32.3. The van der Waals surface area contributed by atoms with Crippen LogP contribution in [0.1, 0.15) is 81.5 Å². The highest BCUT2D eigenvalue weighted by Crippen LogP contribution is 2.49. The lowest BCUT2D eigenvalue weighted by atomic mass is 9.83. The number of hydrogen-bond donors (Lipinski definition) is 2. The molecule has 0 saturated carbocycles. The number of likely N-dealkylation sites (N-methyl/N-ethyl adjacent to an activating group) is 1. The number of amides is 4. The maximum absolute atomic E-state index is 14.3. The predicted octanol–water partition coefficient (Wildman–Crippen LogP) is 7.48. The van der Waals surface area contributed by atoms with Gasteiger partial charge in [-0.05, 0) is 80.0 Å². The van der Waals surface area contributed by atoms with Crippen LogP contribution in [0.5, 0.6) is 0 Å². The number of benzene rings is 3. The number of methoxy groups -OCH3 is 1. The first kappa shape index (κ1) is 50.1. The summed E-state index contributed by atoms with van der Waals surface area (Å²) < 4.78 is 29.7. The number of esters is 1. The van der Waals surface area contributed by atoms with Gasteiger partial charge in [-0.3, -0.25) is 14.9 Å². The number of anilines is 1. The zero-order chi connectivity index (χ0) is 49.2. The van der Waals surface area contributed by atoms with E-state index in [0.717, 1.165) is 39.0 Å². The molecule has 2 saturated heterocycles. The lowest BCUT2D eigenvalue weighted by Crippen LogP contribution is -2.63. The van der Waals surface area contributed by atoms with Crippen LogP contribution in [-0.4, -0.2) is 128 Å². The van der Waals surface area contributed by atoms with Crippen molar-refractivity contribution in [3.05, 3.63) is 112 Å². The topological polar surface area (TPSA) is 177 Å². The van der Waals surface area contributed by atoms with Crippen molar-refractivity contribution >= 4 is 47.3 Å². The fraction of sp³-hybridized carbons (Fsp3) is 0.481. The highest BCUT2D eigenvalue weighted by Gasteiger charge is 2.64. The maximum atomic E-state index is 14.3. The summed E-state index contributed by atoms with van der Waals surface area (Å²) in [5.74, 6) is -2.18. The van der Waals surface area contributed by atoms with Crippen LogP contribution >= 0.6 is 11.6 Å². The first-order valence-corrected chi connectivity index (χ1v) is 23.5. The van der Waals surface area contributed by atoms with Crippen molar-refractivity contribution in [2.75, 3.05) is 46.3 Å². The summed E-state index contributed by atoms with van der Waals surface area (Å²) in [6.07, 6.45) is 0.724. The van der Waals surface area contributed by atoms with E-state index in [4.69, 9.17) is 35.3 Å². The van der Waals surface area contributed by atoms with Gasteiger partial charge >= 0.3 is 18.2 Å². The lowest BCUT2D eigenvalue weighted by molar-refractivity contribution is -0.162. The van der Waals surface area contributed by atoms with E-state index in [0.29, 0.717) is 23.6 Å². The van der Waals surface area contributed by atoms with E-state index in [1.807, 2.05) is 56.3 Å². The van der Waals surface area contributed by atoms with Gasteiger partial charge in [-0.15, -0.1) is 0 Å². The molecule has 364 valence electrons. The number of allylic oxidation sites excluding steroid dienone is 3. The van der Waals surface area contributed by atoms with Crippen LogP contribution < -0.4 is 10.2 Å². The fourth-order valence-electron chi connectivity index (χ4n) is 9.69. The number of epoxide rings is 1. The number of nitrogens with one attached hydrogen (secondary N) is 1. The summed E-state index contributed by atoms with van der Waals surface area (Å²) in [6.45, 7) is 9.27. The van der Waals surface area contributed by atoms with Gasteiger partial charge in [-0.1, -0.05) is 96.9 Å². The normalized spacial score (nSPS) is 27.5. The molecule has 2 fully saturated rings. The third-order valence-electron chi connectivity index (χ3n) is 14.1. The number of alkyl carbamates (subject to hydrolysis) is 1. The molecular weight excluding hydrogens is 892 g/mol. The summed E-state index contributed by atoms with van der Waals surface area (Å²) in [5, 5.41) is 14.8. The summed E-state index contributed by atoms with van der Waals surface area (Å²) in [4.78, 5) is 72.2.